The number of hydrogen-bond acceptors (Lipinski definition) is 3. The highest BCUT2D eigenvalue weighted by atomic mass is 19.4. The summed E-state index contributed by atoms with van der Waals surface area (Å²) in [5.41, 5.74) is -1.06. The number of halogens is 3. The average Bonchev–Trinajstić information content (AvgIpc) is 2.37. The normalized spacial score (nSPS) is 20.1. The molecule has 1 heterocycles. The van der Waals surface area contributed by atoms with Crippen LogP contribution in [0.5, 0.6) is 0 Å². The largest absolute Gasteiger partial charge is 0.480 e. The van der Waals surface area contributed by atoms with Crippen LogP contribution in [-0.4, -0.2) is 36.2 Å². The Morgan fingerprint density at radius 2 is 2.10 bits per heavy atom. The van der Waals surface area contributed by atoms with Crippen molar-refractivity contribution in [1.29, 1.82) is 0 Å². The van der Waals surface area contributed by atoms with E-state index in [1.807, 2.05) is 0 Å². The molecule has 0 radical (unpaired) electrons. The molecule has 1 aromatic rings. The van der Waals surface area contributed by atoms with Crippen LogP contribution >= 0.6 is 0 Å². The Balaban J connectivity index is 2.42. The molecule has 1 aromatic carbocycles. The standard InChI is InChI=1S/C12H10F3NO4/c13-12(14,15)7-2-1-3-8(4-7)16-9(11(18)19)5-20-6-10(16)17/h1-4,9H,5-6H2,(H,18,19). The molecule has 0 bridgehead atoms. The van der Waals surface area contributed by atoms with Crippen LogP contribution in [0.3, 0.4) is 0 Å². The molecule has 1 N–H and O–H groups in total. The molecular formula is C12H10F3NO4. The van der Waals surface area contributed by atoms with Gasteiger partial charge in [0.2, 0.25) is 0 Å². The minimum Gasteiger partial charge on any atom is -0.480 e. The summed E-state index contributed by atoms with van der Waals surface area (Å²) in [5.74, 6) is -2.03. The summed E-state index contributed by atoms with van der Waals surface area (Å²) < 4.78 is 42.7. The van der Waals surface area contributed by atoms with Crippen molar-refractivity contribution in [2.24, 2.45) is 0 Å². The molecule has 1 fully saturated rings. The van der Waals surface area contributed by atoms with E-state index < -0.39 is 29.7 Å². The topological polar surface area (TPSA) is 66.8 Å². The van der Waals surface area contributed by atoms with Gasteiger partial charge in [0.1, 0.15) is 6.61 Å². The van der Waals surface area contributed by atoms with Gasteiger partial charge in [0.25, 0.3) is 5.91 Å². The van der Waals surface area contributed by atoms with Gasteiger partial charge in [-0.25, -0.2) is 4.79 Å². The first kappa shape index (κ1) is 14.3. The van der Waals surface area contributed by atoms with Crippen molar-refractivity contribution in [3.63, 3.8) is 0 Å². The predicted octanol–water partition coefficient (Wildman–Crippen LogP) is 1.52. The second-order valence-corrected chi connectivity index (χ2v) is 4.18. The third-order valence-corrected chi connectivity index (χ3v) is 2.82. The van der Waals surface area contributed by atoms with Crippen molar-refractivity contribution in [2.75, 3.05) is 18.1 Å². The molecule has 1 aliphatic rings. The molecule has 2 rings (SSSR count). The fourth-order valence-electron chi connectivity index (χ4n) is 1.91. The molecule has 1 saturated heterocycles. The number of amides is 1. The second-order valence-electron chi connectivity index (χ2n) is 4.18. The van der Waals surface area contributed by atoms with E-state index in [2.05, 4.69) is 0 Å². The number of carbonyl (C=O) groups excluding carboxylic acids is 1. The van der Waals surface area contributed by atoms with Gasteiger partial charge in [0.05, 0.1) is 12.2 Å². The van der Waals surface area contributed by atoms with Crippen LogP contribution in [0.1, 0.15) is 5.56 Å². The van der Waals surface area contributed by atoms with Crippen LogP contribution in [0.4, 0.5) is 18.9 Å². The lowest BCUT2D eigenvalue weighted by Crippen LogP contribution is -2.53. The fraction of sp³-hybridized carbons (Fsp3) is 0.333. The summed E-state index contributed by atoms with van der Waals surface area (Å²) in [6, 6.07) is 2.65. The van der Waals surface area contributed by atoms with E-state index in [0.29, 0.717) is 0 Å². The molecule has 0 spiro atoms. The van der Waals surface area contributed by atoms with Crippen molar-refractivity contribution >= 4 is 17.6 Å². The summed E-state index contributed by atoms with van der Waals surface area (Å²) in [5, 5.41) is 9.02. The molecule has 0 aromatic heterocycles. The Morgan fingerprint density at radius 3 is 2.70 bits per heavy atom. The zero-order valence-electron chi connectivity index (χ0n) is 10.1. The van der Waals surface area contributed by atoms with Crippen LogP contribution < -0.4 is 4.90 Å². The molecule has 1 aliphatic heterocycles. The number of benzene rings is 1. The van der Waals surface area contributed by atoms with Gasteiger partial charge < -0.3 is 9.84 Å². The Hall–Kier alpha value is -2.09. The van der Waals surface area contributed by atoms with Gasteiger partial charge >= 0.3 is 12.1 Å². The van der Waals surface area contributed by atoms with Crippen LogP contribution in [0.25, 0.3) is 0 Å². The molecule has 1 amide bonds. The molecule has 1 atom stereocenters. The molecule has 20 heavy (non-hydrogen) atoms. The van der Waals surface area contributed by atoms with Crippen LogP contribution in [0.15, 0.2) is 24.3 Å². The molecule has 1 unspecified atom stereocenters. The molecule has 5 nitrogen and oxygen atoms in total. The smallest absolute Gasteiger partial charge is 0.416 e. The first-order valence-electron chi connectivity index (χ1n) is 5.60. The van der Waals surface area contributed by atoms with Crippen molar-refractivity contribution < 1.29 is 32.6 Å². The summed E-state index contributed by atoms with van der Waals surface area (Å²) >= 11 is 0. The first-order chi connectivity index (χ1) is 9.30. The van der Waals surface area contributed by atoms with Crippen LogP contribution in [0, 0.1) is 0 Å². The summed E-state index contributed by atoms with van der Waals surface area (Å²) in [7, 11) is 0. The molecule has 0 saturated carbocycles. The van der Waals surface area contributed by atoms with Gasteiger partial charge in [-0.15, -0.1) is 0 Å². The number of carboxylic acids is 1. The maximum atomic E-state index is 12.6. The van der Waals surface area contributed by atoms with E-state index in [9.17, 15) is 22.8 Å². The third kappa shape index (κ3) is 2.74. The highest BCUT2D eigenvalue weighted by Gasteiger charge is 2.37. The lowest BCUT2D eigenvalue weighted by atomic mass is 10.1. The van der Waals surface area contributed by atoms with Crippen LogP contribution in [0.2, 0.25) is 0 Å². The number of hydrogen-bond donors (Lipinski definition) is 1. The van der Waals surface area contributed by atoms with Gasteiger partial charge in [0, 0.05) is 5.69 Å². The summed E-state index contributed by atoms with van der Waals surface area (Å²) in [6.07, 6.45) is -4.57. The van der Waals surface area contributed by atoms with E-state index >= 15 is 0 Å². The highest BCUT2D eigenvalue weighted by molar-refractivity contribution is 6.00. The van der Waals surface area contributed by atoms with Crippen molar-refractivity contribution in [3.8, 4) is 0 Å². The zero-order valence-corrected chi connectivity index (χ0v) is 10.1. The number of ether oxygens (including phenoxy) is 1. The third-order valence-electron chi connectivity index (χ3n) is 2.82. The van der Waals surface area contributed by atoms with E-state index in [0.717, 1.165) is 23.1 Å². The number of carboxylic acid groups (broad SMARTS) is 1. The lowest BCUT2D eigenvalue weighted by molar-refractivity contribution is -0.145. The number of alkyl halides is 3. The second kappa shape index (κ2) is 5.12. The van der Waals surface area contributed by atoms with Crippen molar-refractivity contribution in [3.05, 3.63) is 29.8 Å². The average molecular weight is 289 g/mol. The first-order valence-corrected chi connectivity index (χ1v) is 5.60. The zero-order chi connectivity index (χ0) is 14.9. The minimum absolute atomic E-state index is 0.111. The lowest BCUT2D eigenvalue weighted by Gasteiger charge is -2.33. The van der Waals surface area contributed by atoms with Gasteiger partial charge in [-0.1, -0.05) is 6.07 Å². The summed E-state index contributed by atoms with van der Waals surface area (Å²) in [6.45, 7) is -0.628. The van der Waals surface area contributed by atoms with E-state index in [1.54, 1.807) is 0 Å². The number of aliphatic carboxylic acids is 1. The monoisotopic (exact) mass is 289 g/mol. The van der Waals surface area contributed by atoms with Crippen molar-refractivity contribution in [1.82, 2.24) is 0 Å². The predicted molar refractivity (Wildman–Crippen MR) is 61.2 cm³/mol. The number of rotatable bonds is 2. The molecule has 8 heteroatoms. The number of carbonyl (C=O) groups is 2. The van der Waals surface area contributed by atoms with Gasteiger partial charge in [-0.3, -0.25) is 9.69 Å². The van der Waals surface area contributed by atoms with E-state index in [-0.39, 0.29) is 18.9 Å². The Bertz CT molecular complexity index is 544. The Kier molecular flexibility index (Phi) is 3.67. The summed E-state index contributed by atoms with van der Waals surface area (Å²) in [4.78, 5) is 23.6. The quantitative estimate of drug-likeness (QED) is 0.896. The van der Waals surface area contributed by atoms with E-state index in [1.165, 1.54) is 6.07 Å². The van der Waals surface area contributed by atoms with Gasteiger partial charge in [-0.05, 0) is 18.2 Å². The number of nitrogens with zero attached hydrogens (tertiary/aromatic N) is 1. The Labute approximate surface area is 111 Å². The highest BCUT2D eigenvalue weighted by Crippen LogP contribution is 2.32. The number of anilines is 1. The SMILES string of the molecule is O=C(O)C1COCC(=O)N1c1cccc(C(F)(F)F)c1. The van der Waals surface area contributed by atoms with Crippen molar-refractivity contribution in [2.45, 2.75) is 12.2 Å². The maximum Gasteiger partial charge on any atom is 0.416 e. The van der Waals surface area contributed by atoms with Crippen LogP contribution in [-0.2, 0) is 20.5 Å². The van der Waals surface area contributed by atoms with Gasteiger partial charge in [0.15, 0.2) is 6.04 Å². The Morgan fingerprint density at radius 1 is 1.40 bits per heavy atom. The van der Waals surface area contributed by atoms with Gasteiger partial charge in [-0.2, -0.15) is 13.2 Å². The fourth-order valence-corrected chi connectivity index (χ4v) is 1.91. The molecule has 0 aliphatic carbocycles. The minimum atomic E-state index is -4.57. The number of morpholine rings is 1. The maximum absolute atomic E-state index is 12.6. The molecule has 108 valence electrons. The van der Waals surface area contributed by atoms with E-state index in [4.69, 9.17) is 9.84 Å². The molecular weight excluding hydrogens is 279 g/mol.